The van der Waals surface area contributed by atoms with Crippen molar-refractivity contribution in [3.8, 4) is 0 Å². The molecule has 4 atom stereocenters. The molecule has 0 spiro atoms. The van der Waals surface area contributed by atoms with Crippen LogP contribution in [0.1, 0.15) is 126 Å². The normalized spacial score (nSPS) is 15.2. The largest absolute Gasteiger partial charge is 0.756 e. The molecule has 0 aliphatic rings. The van der Waals surface area contributed by atoms with E-state index in [1.807, 2.05) is 64.5 Å². The predicted molar refractivity (Wildman–Crippen MR) is 242 cm³/mol. The van der Waals surface area contributed by atoms with E-state index in [0.717, 1.165) is 69.3 Å². The van der Waals surface area contributed by atoms with Crippen molar-refractivity contribution in [3.05, 3.63) is 95.6 Å². The van der Waals surface area contributed by atoms with Gasteiger partial charge in [0.25, 0.3) is 7.82 Å². The molecule has 1 aromatic rings. The van der Waals surface area contributed by atoms with E-state index in [0.29, 0.717) is 43.1 Å². The number of phosphoric ester groups is 1. The Labute approximate surface area is 367 Å². The van der Waals surface area contributed by atoms with Crippen LogP contribution in [0, 0.1) is 13.8 Å². The van der Waals surface area contributed by atoms with Crippen molar-refractivity contribution in [1.82, 2.24) is 0 Å². The van der Waals surface area contributed by atoms with Crippen LogP contribution in [0.4, 0.5) is 0 Å². The second-order valence-electron chi connectivity index (χ2n) is 16.3. The van der Waals surface area contributed by atoms with Crippen molar-refractivity contribution in [2.24, 2.45) is 0 Å². The first-order chi connectivity index (χ1) is 29.1. The maximum Gasteiger partial charge on any atom is 0.306 e. The van der Waals surface area contributed by atoms with Crippen molar-refractivity contribution in [1.29, 1.82) is 0 Å². The first-order valence-electron chi connectivity index (χ1n) is 22.2. The molecule has 2 N–H and O–H groups in total. The van der Waals surface area contributed by atoms with E-state index in [4.69, 9.17) is 22.9 Å². The van der Waals surface area contributed by atoms with Gasteiger partial charge in [0.05, 0.1) is 40.0 Å². The summed E-state index contributed by atoms with van der Waals surface area (Å²) in [4.78, 5) is 37.6. The SMILES string of the molecule is CC/C=C\C[C@H](O)/C=C/C=C\C=C\[C@H](O)C/C=C\C/C=C\CCC(=O)O[C@H](COC(=O)CCCCCCCCc1oc(CCC)c(C)c1C)COP(=O)([O-])OCC[N+](C)(C)C. The van der Waals surface area contributed by atoms with Gasteiger partial charge < -0.3 is 42.5 Å². The zero-order valence-corrected chi connectivity index (χ0v) is 39.2. The van der Waals surface area contributed by atoms with Gasteiger partial charge in [0.15, 0.2) is 6.10 Å². The zero-order valence-electron chi connectivity index (χ0n) is 38.3. The summed E-state index contributed by atoms with van der Waals surface area (Å²) in [5.41, 5.74) is 2.55. The van der Waals surface area contributed by atoms with Crippen molar-refractivity contribution >= 4 is 19.8 Å². The third kappa shape index (κ3) is 30.4. The molecule has 0 aromatic carbocycles. The maximum atomic E-state index is 12.7. The smallest absolute Gasteiger partial charge is 0.306 e. The van der Waals surface area contributed by atoms with Crippen molar-refractivity contribution in [3.63, 3.8) is 0 Å². The number of aryl methyl sites for hydroxylation is 2. The Bertz CT molecular complexity index is 1580. The average molecular weight is 876 g/mol. The van der Waals surface area contributed by atoms with Crippen molar-refractivity contribution < 1.29 is 56.7 Å². The molecule has 1 heterocycles. The van der Waals surface area contributed by atoms with Crippen LogP contribution >= 0.6 is 7.82 Å². The topological polar surface area (TPSA) is 165 Å². The van der Waals surface area contributed by atoms with E-state index in [9.17, 15) is 29.3 Å². The minimum absolute atomic E-state index is 0.0292. The van der Waals surface area contributed by atoms with Crippen molar-refractivity contribution in [2.45, 2.75) is 149 Å². The average Bonchev–Trinajstić information content (AvgIpc) is 3.46. The fourth-order valence-corrected chi connectivity index (χ4v) is 6.57. The Balaban J connectivity index is 2.47. The van der Waals surface area contributed by atoms with Crippen LogP contribution in [-0.2, 0) is 45.5 Å². The second-order valence-corrected chi connectivity index (χ2v) is 17.7. The lowest BCUT2D eigenvalue weighted by Crippen LogP contribution is -2.37. The van der Waals surface area contributed by atoms with Gasteiger partial charge in [0.2, 0.25) is 0 Å². The highest BCUT2D eigenvalue weighted by molar-refractivity contribution is 7.45. The predicted octanol–water partition coefficient (Wildman–Crippen LogP) is 9.20. The van der Waals surface area contributed by atoms with E-state index >= 15 is 0 Å². The van der Waals surface area contributed by atoms with Crippen LogP contribution in [-0.4, -0.2) is 92.5 Å². The molecule has 61 heavy (non-hydrogen) atoms. The Morgan fingerprint density at radius 3 is 1.95 bits per heavy atom. The van der Waals surface area contributed by atoms with Crippen LogP contribution < -0.4 is 4.89 Å². The van der Waals surface area contributed by atoms with Gasteiger partial charge in [0.1, 0.15) is 31.3 Å². The number of allylic oxidation sites excluding steroid dienone is 8. The number of likely N-dealkylation sites (N-methyl/N-ethyl adjacent to an activating group) is 1. The quantitative estimate of drug-likeness (QED) is 0.0167. The molecule has 1 rings (SSSR count). The highest BCUT2D eigenvalue weighted by Gasteiger charge is 2.22. The van der Waals surface area contributed by atoms with Crippen LogP contribution in [0.3, 0.4) is 0 Å². The summed E-state index contributed by atoms with van der Waals surface area (Å²) in [6.45, 7) is 7.94. The molecular formula is C48H78NO11P. The fraction of sp³-hybridized carbons (Fsp3) is 0.625. The zero-order chi connectivity index (χ0) is 45.4. The molecule has 0 saturated heterocycles. The standard InChI is InChI=1S/C48H78NO11P/c1-8-10-21-29-42(50)31-23-19-20-24-32-43(51)30-22-15-11-13-18-27-35-48(53)59-44(39-58-61(54,55)57-37-36-49(5,6)7)38-56-47(52)34-26-17-14-12-16-25-33-46-41(4)40(3)45(60-46)28-9-2/h10,13,15,18-24,31-32,42-44,50-51H,8-9,11-12,14,16-17,25-30,33-39H2,1-7H3/b18-13-,20-19-,21-10-,22-15-,31-23+,32-24+/t42-,43+,44+/m0/s1. The number of ether oxygens (including phenoxy) is 2. The number of rotatable bonds is 35. The number of nitrogens with zero attached hydrogens (tertiary/aromatic N) is 1. The van der Waals surface area contributed by atoms with E-state index in [-0.39, 0.29) is 26.1 Å². The van der Waals surface area contributed by atoms with E-state index < -0.39 is 44.7 Å². The van der Waals surface area contributed by atoms with Gasteiger partial charge in [-0.2, -0.15) is 0 Å². The van der Waals surface area contributed by atoms with Crippen molar-refractivity contribution in [2.75, 3.05) is 47.5 Å². The molecule has 0 saturated carbocycles. The Morgan fingerprint density at radius 2 is 1.33 bits per heavy atom. The van der Waals surface area contributed by atoms with Crippen LogP contribution in [0.15, 0.2) is 77.3 Å². The number of phosphoric acid groups is 1. The van der Waals surface area contributed by atoms with E-state index in [1.165, 1.54) is 11.1 Å². The molecule has 1 aromatic heterocycles. The van der Waals surface area contributed by atoms with Gasteiger partial charge in [0, 0.05) is 25.7 Å². The molecule has 0 amide bonds. The number of aliphatic hydroxyl groups excluding tert-OH is 2. The second kappa shape index (κ2) is 33.2. The van der Waals surface area contributed by atoms with E-state index in [1.54, 1.807) is 36.5 Å². The van der Waals surface area contributed by atoms with Gasteiger partial charge >= 0.3 is 11.9 Å². The number of aliphatic hydroxyl groups is 2. The molecule has 0 aliphatic heterocycles. The summed E-state index contributed by atoms with van der Waals surface area (Å²) in [5.74, 6) is 1.16. The van der Waals surface area contributed by atoms with Gasteiger partial charge in [-0.1, -0.05) is 112 Å². The molecule has 13 heteroatoms. The number of carbonyl (C=O) groups excluding carboxylic acids is 2. The Kier molecular flexibility index (Phi) is 30.3. The van der Waals surface area contributed by atoms with E-state index in [2.05, 4.69) is 20.8 Å². The Hall–Kier alpha value is -3.35. The first kappa shape index (κ1) is 55.7. The van der Waals surface area contributed by atoms with Crippen LogP contribution in [0.2, 0.25) is 0 Å². The van der Waals surface area contributed by atoms with Gasteiger partial charge in [-0.3, -0.25) is 14.2 Å². The lowest BCUT2D eigenvalue weighted by Gasteiger charge is -2.28. The summed E-state index contributed by atoms with van der Waals surface area (Å²) in [6.07, 6.45) is 31.6. The molecule has 0 aliphatic carbocycles. The molecular weight excluding hydrogens is 797 g/mol. The van der Waals surface area contributed by atoms with Gasteiger partial charge in [-0.05, 0) is 76.3 Å². The number of hydrogen-bond donors (Lipinski definition) is 2. The first-order valence-corrected chi connectivity index (χ1v) is 23.7. The number of furan rings is 1. The van der Waals surface area contributed by atoms with Gasteiger partial charge in [-0.15, -0.1) is 0 Å². The maximum absolute atomic E-state index is 12.7. The summed E-state index contributed by atoms with van der Waals surface area (Å²) < 4.78 is 39.9. The third-order valence-electron chi connectivity index (χ3n) is 9.59. The number of carbonyl (C=O) groups is 2. The van der Waals surface area contributed by atoms with Gasteiger partial charge in [-0.25, -0.2) is 0 Å². The molecule has 346 valence electrons. The highest BCUT2D eigenvalue weighted by Crippen LogP contribution is 2.38. The summed E-state index contributed by atoms with van der Waals surface area (Å²) in [7, 11) is 1.01. The number of hydrogen-bond acceptors (Lipinski definition) is 11. The molecule has 12 nitrogen and oxygen atoms in total. The third-order valence-corrected chi connectivity index (χ3v) is 10.6. The van der Waals surface area contributed by atoms with Crippen LogP contribution in [0.5, 0.6) is 0 Å². The molecule has 1 unspecified atom stereocenters. The summed E-state index contributed by atoms with van der Waals surface area (Å²) >= 11 is 0. The fourth-order valence-electron chi connectivity index (χ4n) is 5.84. The lowest BCUT2D eigenvalue weighted by atomic mass is 10.0. The Morgan fingerprint density at radius 1 is 0.738 bits per heavy atom. The highest BCUT2D eigenvalue weighted by atomic mass is 31.2. The number of unbranched alkanes of at least 4 members (excludes halogenated alkanes) is 5. The summed E-state index contributed by atoms with van der Waals surface area (Å²) in [5, 5.41) is 20.0. The number of esters is 2. The molecule has 0 fully saturated rings. The summed E-state index contributed by atoms with van der Waals surface area (Å²) in [6, 6.07) is 0. The molecule has 0 bridgehead atoms. The lowest BCUT2D eigenvalue weighted by molar-refractivity contribution is -0.870. The van der Waals surface area contributed by atoms with Crippen LogP contribution in [0.25, 0.3) is 0 Å². The monoisotopic (exact) mass is 876 g/mol. The minimum atomic E-state index is -4.69. The number of quaternary nitrogens is 1. The molecule has 0 radical (unpaired) electrons. The minimum Gasteiger partial charge on any atom is -0.756 e.